The van der Waals surface area contributed by atoms with Gasteiger partial charge in [0, 0.05) is 28.7 Å². The summed E-state index contributed by atoms with van der Waals surface area (Å²) in [5.41, 5.74) is 1.34. The van der Waals surface area contributed by atoms with Crippen LogP contribution in [0.25, 0.3) is 0 Å². The molecule has 2 aliphatic rings. The molecule has 9 heteroatoms. The summed E-state index contributed by atoms with van der Waals surface area (Å²) >= 11 is 7.70. The number of esters is 1. The Kier molecular flexibility index (Phi) is 6.66. The maximum atomic E-state index is 13.3. The predicted molar refractivity (Wildman–Crippen MR) is 111 cm³/mol. The summed E-state index contributed by atoms with van der Waals surface area (Å²) in [4.78, 5) is 23.8. The Morgan fingerprint density at radius 1 is 1.55 bits per heavy atom. The monoisotopic (exact) mass is 437 g/mol. The van der Waals surface area contributed by atoms with Crippen molar-refractivity contribution in [3.63, 3.8) is 0 Å². The molecular formula is C20H21ClFN3O3S. The van der Waals surface area contributed by atoms with Crippen LogP contribution >= 0.6 is 22.9 Å². The minimum Gasteiger partial charge on any atom is -0.463 e. The number of aliphatic imine (C=N–C) groups is 1. The number of hydrogen-bond acceptors (Lipinski definition) is 7. The molecule has 1 saturated heterocycles. The van der Waals surface area contributed by atoms with Gasteiger partial charge in [0.2, 0.25) is 0 Å². The predicted octanol–water partition coefficient (Wildman–Crippen LogP) is 3.71. The number of rotatable bonds is 6. The molecule has 6 nitrogen and oxygen atoms in total. The molecule has 29 heavy (non-hydrogen) atoms. The number of ether oxygens (including phenoxy) is 1. The smallest absolute Gasteiger partial charge is 0.338 e. The zero-order valence-electron chi connectivity index (χ0n) is 16.1. The van der Waals surface area contributed by atoms with Crippen LogP contribution in [0, 0.1) is 0 Å². The first kappa shape index (κ1) is 21.4. The van der Waals surface area contributed by atoms with Gasteiger partial charge in [0.15, 0.2) is 10.8 Å². The minimum atomic E-state index is -0.822. The minimum absolute atomic E-state index is 0.184. The highest BCUT2D eigenvalue weighted by molar-refractivity contribution is 7.11. The second kappa shape index (κ2) is 9.02. The first-order valence-electron chi connectivity index (χ1n) is 9.05. The number of carbonyl (C=O) groups is 1. The van der Waals surface area contributed by atoms with Crippen LogP contribution in [-0.2, 0) is 9.53 Å². The molecule has 3 heterocycles. The summed E-state index contributed by atoms with van der Waals surface area (Å²) in [5.74, 6) is -0.660. The molecule has 1 aromatic heterocycles. The number of allylic oxidation sites excluding steroid dienone is 3. The lowest BCUT2D eigenvalue weighted by Gasteiger charge is -2.32. The Bertz CT molecular complexity index is 933. The molecule has 1 fully saturated rings. The molecule has 0 spiro atoms. The third-order valence-corrected chi connectivity index (χ3v) is 5.48. The summed E-state index contributed by atoms with van der Waals surface area (Å²) in [7, 11) is 0. The van der Waals surface area contributed by atoms with Gasteiger partial charge in [-0.1, -0.05) is 24.3 Å². The molecule has 1 N–H and O–H groups in total. The molecule has 2 aliphatic heterocycles. The fourth-order valence-corrected chi connectivity index (χ4v) is 4.15. The second-order valence-electron chi connectivity index (χ2n) is 6.51. The number of aliphatic hydroxyl groups is 1. The highest BCUT2D eigenvalue weighted by atomic mass is 35.5. The van der Waals surface area contributed by atoms with Crippen molar-refractivity contribution in [2.75, 3.05) is 13.2 Å². The number of aromatic nitrogens is 1. The lowest BCUT2D eigenvalue weighted by Crippen LogP contribution is -2.38. The SMILES string of the molecule is C=C(F)/C=C\C(=C(/C)Cl)[C@@H]1N=C(c2nccs2)N2C[C@@H](O)CC2=C1C(=O)OCC. The topological polar surface area (TPSA) is 75.0 Å². The van der Waals surface area contributed by atoms with Crippen molar-refractivity contribution in [2.24, 2.45) is 4.99 Å². The third kappa shape index (κ3) is 4.49. The van der Waals surface area contributed by atoms with E-state index in [4.69, 9.17) is 21.3 Å². The van der Waals surface area contributed by atoms with Crippen molar-refractivity contribution < 1.29 is 19.0 Å². The van der Waals surface area contributed by atoms with E-state index in [9.17, 15) is 14.3 Å². The van der Waals surface area contributed by atoms with E-state index in [0.717, 1.165) is 0 Å². The van der Waals surface area contributed by atoms with Gasteiger partial charge in [0.1, 0.15) is 11.9 Å². The van der Waals surface area contributed by atoms with Crippen molar-refractivity contribution in [1.29, 1.82) is 0 Å². The molecule has 0 aliphatic carbocycles. The number of hydrogen-bond donors (Lipinski definition) is 1. The van der Waals surface area contributed by atoms with E-state index >= 15 is 0 Å². The average molecular weight is 438 g/mol. The number of halogens is 2. The fourth-order valence-electron chi connectivity index (χ4n) is 3.35. The van der Waals surface area contributed by atoms with Crippen LogP contribution in [0.4, 0.5) is 4.39 Å². The lowest BCUT2D eigenvalue weighted by molar-refractivity contribution is -0.138. The average Bonchev–Trinajstić information content (AvgIpc) is 3.29. The molecule has 0 bridgehead atoms. The normalized spacial score (nSPS) is 22.5. The maximum absolute atomic E-state index is 13.3. The summed E-state index contributed by atoms with van der Waals surface area (Å²) in [6.07, 6.45) is 3.89. The Labute approximate surface area is 177 Å². The van der Waals surface area contributed by atoms with Gasteiger partial charge in [0.05, 0.1) is 24.8 Å². The first-order valence-corrected chi connectivity index (χ1v) is 10.3. The van der Waals surface area contributed by atoms with Gasteiger partial charge in [0.25, 0.3) is 0 Å². The van der Waals surface area contributed by atoms with Crippen LogP contribution in [0.3, 0.4) is 0 Å². The van der Waals surface area contributed by atoms with E-state index < -0.39 is 23.9 Å². The van der Waals surface area contributed by atoms with Crippen LogP contribution in [0.5, 0.6) is 0 Å². The van der Waals surface area contributed by atoms with Gasteiger partial charge >= 0.3 is 5.97 Å². The Hall–Kier alpha value is -2.29. The van der Waals surface area contributed by atoms with E-state index in [-0.39, 0.29) is 18.6 Å². The number of carbonyl (C=O) groups excluding carboxylic acids is 1. The molecule has 0 aromatic carbocycles. The van der Waals surface area contributed by atoms with Gasteiger partial charge in [-0.05, 0) is 25.5 Å². The molecule has 3 rings (SSSR count). The van der Waals surface area contributed by atoms with Crippen LogP contribution in [0.2, 0.25) is 0 Å². The lowest BCUT2D eigenvalue weighted by atomic mass is 9.93. The first-order chi connectivity index (χ1) is 13.8. The summed E-state index contributed by atoms with van der Waals surface area (Å²) in [5, 5.41) is 13.1. The second-order valence-corrected chi connectivity index (χ2v) is 7.97. The quantitative estimate of drug-likeness (QED) is 0.542. The summed E-state index contributed by atoms with van der Waals surface area (Å²) in [6, 6.07) is -0.822. The van der Waals surface area contributed by atoms with Gasteiger partial charge in [-0.15, -0.1) is 11.3 Å². The van der Waals surface area contributed by atoms with Crippen LogP contribution in [0.1, 0.15) is 25.3 Å². The highest BCUT2D eigenvalue weighted by Gasteiger charge is 2.42. The van der Waals surface area contributed by atoms with Gasteiger partial charge in [-0.2, -0.15) is 0 Å². The summed E-state index contributed by atoms with van der Waals surface area (Å²) < 4.78 is 18.6. The maximum Gasteiger partial charge on any atom is 0.338 e. The van der Waals surface area contributed by atoms with Crippen molar-refractivity contribution in [3.05, 3.63) is 63.0 Å². The molecular weight excluding hydrogens is 417 g/mol. The van der Waals surface area contributed by atoms with Crippen molar-refractivity contribution in [3.8, 4) is 0 Å². The van der Waals surface area contributed by atoms with Crippen LogP contribution < -0.4 is 0 Å². The van der Waals surface area contributed by atoms with E-state index in [1.807, 2.05) is 5.38 Å². The molecule has 0 unspecified atom stereocenters. The largest absolute Gasteiger partial charge is 0.463 e. The number of nitrogens with zero attached hydrogens (tertiary/aromatic N) is 3. The van der Waals surface area contributed by atoms with Crippen LogP contribution in [0.15, 0.2) is 63.0 Å². The molecule has 154 valence electrons. The summed E-state index contributed by atoms with van der Waals surface area (Å²) in [6.45, 7) is 7.06. The van der Waals surface area contributed by atoms with Gasteiger partial charge in [-0.3, -0.25) is 4.99 Å². The van der Waals surface area contributed by atoms with E-state index in [1.165, 1.54) is 23.5 Å². The third-order valence-electron chi connectivity index (χ3n) is 4.49. The zero-order valence-corrected chi connectivity index (χ0v) is 17.6. The Balaban J connectivity index is 2.21. The molecule has 2 atom stereocenters. The number of amidine groups is 1. The number of fused-ring (bicyclic) bond motifs is 1. The number of aliphatic hydroxyl groups excluding tert-OH is 1. The van der Waals surface area contributed by atoms with Gasteiger partial charge < -0.3 is 14.7 Å². The number of thiazole rings is 1. The molecule has 0 amide bonds. The highest BCUT2D eigenvalue weighted by Crippen LogP contribution is 2.38. The van der Waals surface area contributed by atoms with E-state index in [2.05, 4.69) is 11.6 Å². The van der Waals surface area contributed by atoms with E-state index in [0.29, 0.717) is 33.7 Å². The van der Waals surface area contributed by atoms with Crippen LogP contribution in [-0.4, -0.2) is 52.1 Å². The fraction of sp³-hybridized carbons (Fsp3) is 0.350. The molecule has 0 saturated carbocycles. The Morgan fingerprint density at radius 2 is 2.31 bits per heavy atom. The molecule has 1 aromatic rings. The van der Waals surface area contributed by atoms with Crippen molar-refractivity contribution >= 4 is 34.7 Å². The molecule has 0 radical (unpaired) electrons. The van der Waals surface area contributed by atoms with Crippen molar-refractivity contribution in [2.45, 2.75) is 32.4 Å². The Morgan fingerprint density at radius 3 is 2.90 bits per heavy atom. The zero-order chi connectivity index (χ0) is 21.1. The van der Waals surface area contributed by atoms with E-state index in [1.54, 1.807) is 24.9 Å². The van der Waals surface area contributed by atoms with Gasteiger partial charge in [-0.25, -0.2) is 14.2 Å². The van der Waals surface area contributed by atoms with Crippen molar-refractivity contribution in [1.82, 2.24) is 9.88 Å². The standard InChI is InChI=1S/C20H21ClFN3O3S/c1-4-28-20(27)16-15-9-13(26)10-25(15)18(19-23-7-8-29-19)24-17(16)14(12(3)21)6-5-11(2)22/h5-8,13,17,26H,2,4,9-10H2,1,3H3/b6-5-,14-12-/t13-,17-/m0/s1.